The van der Waals surface area contributed by atoms with Crippen LogP contribution >= 0.6 is 11.8 Å². The van der Waals surface area contributed by atoms with Gasteiger partial charge in [0, 0.05) is 31.6 Å². The molecule has 0 spiro atoms. The summed E-state index contributed by atoms with van der Waals surface area (Å²) in [5.74, 6) is 0.532. The molecule has 2 N–H and O–H groups in total. The first-order chi connectivity index (χ1) is 9.24. The lowest BCUT2D eigenvalue weighted by Crippen LogP contribution is -2.33. The summed E-state index contributed by atoms with van der Waals surface area (Å²) in [5, 5.41) is 6.06. The van der Waals surface area contributed by atoms with Crippen LogP contribution in [0.4, 0.5) is 0 Å². The number of hydrogen-bond donors (Lipinski definition) is 2. The number of thioether (sulfide) groups is 1. The molecule has 0 radical (unpaired) electrons. The zero-order chi connectivity index (χ0) is 13.9. The topological polar surface area (TPSA) is 50.4 Å². The van der Waals surface area contributed by atoms with Crippen molar-refractivity contribution in [2.45, 2.75) is 11.8 Å². The number of hydrogen-bond acceptors (Lipinski definition) is 4. The molecule has 0 fully saturated rings. The van der Waals surface area contributed by atoms with Crippen molar-refractivity contribution in [3.05, 3.63) is 29.8 Å². The van der Waals surface area contributed by atoms with Crippen LogP contribution in [0.15, 0.2) is 29.2 Å². The van der Waals surface area contributed by atoms with Crippen LogP contribution in [0.2, 0.25) is 0 Å². The maximum atomic E-state index is 11.6. The van der Waals surface area contributed by atoms with E-state index in [4.69, 9.17) is 4.74 Å². The van der Waals surface area contributed by atoms with Crippen molar-refractivity contribution in [2.75, 3.05) is 39.1 Å². The fourth-order valence-electron chi connectivity index (χ4n) is 1.50. The van der Waals surface area contributed by atoms with Crippen molar-refractivity contribution < 1.29 is 9.53 Å². The standard InChI is InChI=1S/C14H22N2O2S/c1-12-5-3-4-6-13(12)19-11-14(17)16-8-7-15-9-10-18-2/h3-6,15H,7-11H2,1-2H3,(H,16,17). The van der Waals surface area contributed by atoms with Gasteiger partial charge in [0.2, 0.25) is 5.91 Å². The van der Waals surface area contributed by atoms with Gasteiger partial charge in [0.05, 0.1) is 12.4 Å². The van der Waals surface area contributed by atoms with Crippen LogP contribution in [-0.4, -0.2) is 45.0 Å². The van der Waals surface area contributed by atoms with Crippen molar-refractivity contribution in [2.24, 2.45) is 0 Å². The number of amides is 1. The molecule has 1 rings (SSSR count). The van der Waals surface area contributed by atoms with Gasteiger partial charge in [-0.3, -0.25) is 4.79 Å². The molecule has 19 heavy (non-hydrogen) atoms. The molecule has 0 aromatic heterocycles. The fourth-order valence-corrected chi connectivity index (χ4v) is 2.36. The highest BCUT2D eigenvalue weighted by molar-refractivity contribution is 8.00. The van der Waals surface area contributed by atoms with E-state index in [2.05, 4.69) is 23.6 Å². The first-order valence-electron chi connectivity index (χ1n) is 6.39. The number of carbonyl (C=O) groups is 1. The van der Waals surface area contributed by atoms with Gasteiger partial charge < -0.3 is 15.4 Å². The smallest absolute Gasteiger partial charge is 0.230 e. The molecule has 0 heterocycles. The number of methoxy groups -OCH3 is 1. The number of ether oxygens (including phenoxy) is 1. The van der Waals surface area contributed by atoms with E-state index in [1.165, 1.54) is 5.56 Å². The molecule has 5 heteroatoms. The van der Waals surface area contributed by atoms with Gasteiger partial charge in [-0.15, -0.1) is 11.8 Å². The first kappa shape index (κ1) is 16.0. The lowest BCUT2D eigenvalue weighted by atomic mass is 10.2. The highest BCUT2D eigenvalue weighted by Gasteiger charge is 2.03. The molecular weight excluding hydrogens is 260 g/mol. The third-order valence-electron chi connectivity index (χ3n) is 2.56. The van der Waals surface area contributed by atoms with Gasteiger partial charge in [0.1, 0.15) is 0 Å². The van der Waals surface area contributed by atoms with Crippen LogP contribution in [0.3, 0.4) is 0 Å². The third-order valence-corrected chi connectivity index (χ3v) is 3.73. The molecule has 0 bridgehead atoms. The highest BCUT2D eigenvalue weighted by atomic mass is 32.2. The molecule has 4 nitrogen and oxygen atoms in total. The number of aryl methyl sites for hydroxylation is 1. The van der Waals surface area contributed by atoms with Crippen LogP contribution in [0.25, 0.3) is 0 Å². The average molecular weight is 282 g/mol. The minimum Gasteiger partial charge on any atom is -0.383 e. The van der Waals surface area contributed by atoms with Crippen molar-refractivity contribution in [1.29, 1.82) is 0 Å². The van der Waals surface area contributed by atoms with Gasteiger partial charge >= 0.3 is 0 Å². The Morgan fingerprint density at radius 2 is 2.05 bits per heavy atom. The zero-order valence-corrected chi connectivity index (χ0v) is 12.4. The third kappa shape index (κ3) is 7.20. The summed E-state index contributed by atoms with van der Waals surface area (Å²) in [6.45, 7) is 4.97. The Morgan fingerprint density at radius 1 is 1.26 bits per heavy atom. The average Bonchev–Trinajstić information content (AvgIpc) is 2.42. The highest BCUT2D eigenvalue weighted by Crippen LogP contribution is 2.21. The van der Waals surface area contributed by atoms with Gasteiger partial charge in [0.15, 0.2) is 0 Å². The Bertz CT molecular complexity index is 385. The van der Waals surface area contributed by atoms with Gasteiger partial charge in [-0.25, -0.2) is 0 Å². The van der Waals surface area contributed by atoms with E-state index < -0.39 is 0 Å². The molecule has 1 amide bonds. The van der Waals surface area contributed by atoms with Crippen molar-refractivity contribution in [3.63, 3.8) is 0 Å². The summed E-state index contributed by atoms with van der Waals surface area (Å²) in [6.07, 6.45) is 0. The lowest BCUT2D eigenvalue weighted by molar-refractivity contribution is -0.118. The first-order valence-corrected chi connectivity index (χ1v) is 7.37. The lowest BCUT2D eigenvalue weighted by Gasteiger charge is -2.07. The quantitative estimate of drug-likeness (QED) is 0.531. The number of carbonyl (C=O) groups excluding carboxylic acids is 1. The summed E-state index contributed by atoms with van der Waals surface area (Å²) < 4.78 is 4.92. The molecule has 0 aliphatic heterocycles. The summed E-state index contributed by atoms with van der Waals surface area (Å²) in [7, 11) is 1.67. The van der Waals surface area contributed by atoms with Crippen LogP contribution < -0.4 is 10.6 Å². The summed E-state index contributed by atoms with van der Waals surface area (Å²) in [4.78, 5) is 12.8. The van der Waals surface area contributed by atoms with Crippen molar-refractivity contribution in [1.82, 2.24) is 10.6 Å². The maximum Gasteiger partial charge on any atom is 0.230 e. The molecule has 1 aromatic carbocycles. The van der Waals surface area contributed by atoms with E-state index in [-0.39, 0.29) is 5.91 Å². The second-order valence-electron chi connectivity index (χ2n) is 4.15. The molecule has 106 valence electrons. The Balaban J connectivity index is 2.10. The van der Waals surface area contributed by atoms with E-state index >= 15 is 0 Å². The molecule has 0 saturated heterocycles. The van der Waals surface area contributed by atoms with Gasteiger partial charge in [-0.05, 0) is 18.6 Å². The fraction of sp³-hybridized carbons (Fsp3) is 0.500. The Labute approximate surface area is 119 Å². The van der Waals surface area contributed by atoms with E-state index in [1.807, 2.05) is 18.2 Å². The zero-order valence-electron chi connectivity index (χ0n) is 11.6. The van der Waals surface area contributed by atoms with Gasteiger partial charge in [0.25, 0.3) is 0 Å². The SMILES string of the molecule is COCCNCCNC(=O)CSc1ccccc1C. The summed E-state index contributed by atoms with van der Waals surface area (Å²) in [5.41, 5.74) is 1.21. The van der Waals surface area contributed by atoms with Crippen molar-refractivity contribution >= 4 is 17.7 Å². The van der Waals surface area contributed by atoms with Crippen LogP contribution in [0, 0.1) is 6.92 Å². The van der Waals surface area contributed by atoms with E-state index in [1.54, 1.807) is 18.9 Å². The number of nitrogens with one attached hydrogen (secondary N) is 2. The molecule has 1 aromatic rings. The maximum absolute atomic E-state index is 11.6. The predicted octanol–water partition coefficient (Wildman–Crippen LogP) is 1.44. The Hall–Kier alpha value is -1.04. The van der Waals surface area contributed by atoms with Gasteiger partial charge in [-0.2, -0.15) is 0 Å². The van der Waals surface area contributed by atoms with Crippen LogP contribution in [0.1, 0.15) is 5.56 Å². The molecule has 0 aliphatic carbocycles. The summed E-state index contributed by atoms with van der Waals surface area (Å²) >= 11 is 1.57. The normalized spacial score (nSPS) is 10.4. The van der Waals surface area contributed by atoms with Gasteiger partial charge in [-0.1, -0.05) is 18.2 Å². The predicted molar refractivity (Wildman–Crippen MR) is 79.7 cm³/mol. The molecular formula is C14H22N2O2S. The monoisotopic (exact) mass is 282 g/mol. The molecule has 0 saturated carbocycles. The number of benzene rings is 1. The second kappa shape index (κ2) is 9.83. The Kier molecular flexibility index (Phi) is 8.29. The molecule has 0 atom stereocenters. The minimum atomic E-state index is 0.0711. The minimum absolute atomic E-state index is 0.0711. The van der Waals surface area contributed by atoms with Crippen LogP contribution in [-0.2, 0) is 9.53 Å². The number of rotatable bonds is 9. The van der Waals surface area contributed by atoms with E-state index in [9.17, 15) is 4.79 Å². The second-order valence-corrected chi connectivity index (χ2v) is 5.16. The molecule has 0 unspecified atom stereocenters. The van der Waals surface area contributed by atoms with E-state index in [0.717, 1.165) is 18.0 Å². The largest absolute Gasteiger partial charge is 0.383 e. The van der Waals surface area contributed by atoms with Crippen molar-refractivity contribution in [3.8, 4) is 0 Å². The summed E-state index contributed by atoms with van der Waals surface area (Å²) in [6, 6.07) is 8.09. The molecule has 0 aliphatic rings. The van der Waals surface area contributed by atoms with Crippen LogP contribution in [0.5, 0.6) is 0 Å². The Morgan fingerprint density at radius 3 is 2.79 bits per heavy atom. The van der Waals surface area contributed by atoms with E-state index in [0.29, 0.717) is 18.9 Å².